The molecule has 1 aromatic heterocycles. The second-order valence-corrected chi connectivity index (χ2v) is 4.94. The minimum Gasteiger partial charge on any atom is -0.265 e. The lowest BCUT2D eigenvalue weighted by atomic mass is 10.7. The molecule has 0 amide bonds. The second kappa shape index (κ2) is 3.81. The number of nitrogens with zero attached hydrogens (tertiary/aromatic N) is 2. The number of halogens is 1. The number of rotatable bonds is 3. The van der Waals surface area contributed by atoms with Gasteiger partial charge >= 0.3 is 0 Å². The van der Waals surface area contributed by atoms with E-state index in [1.807, 2.05) is 0 Å². The van der Waals surface area contributed by atoms with E-state index in [0.29, 0.717) is 0 Å². The molecule has 1 N–H and O–H groups in total. The first-order valence-corrected chi connectivity index (χ1v) is 5.74. The monoisotopic (exact) mass is 251 g/mol. The fraction of sp³-hybridized carbons (Fsp3) is 0.200. The molecule has 66 valence electrons. The summed E-state index contributed by atoms with van der Waals surface area (Å²) in [6.07, 6.45) is 4.21. The first-order valence-electron chi connectivity index (χ1n) is 2.96. The molecular weight excluding hydrogens is 246 g/mol. The normalized spacial score (nSPS) is 11.1. The summed E-state index contributed by atoms with van der Waals surface area (Å²) in [7, 11) is -3.31. The molecule has 0 aliphatic heterocycles. The van der Waals surface area contributed by atoms with E-state index in [-0.39, 0.29) is 10.5 Å². The van der Waals surface area contributed by atoms with Crippen molar-refractivity contribution >= 4 is 31.8 Å². The summed E-state index contributed by atoms with van der Waals surface area (Å²) in [5, 5.41) is 0. The van der Waals surface area contributed by atoms with Crippen LogP contribution in [0.25, 0.3) is 0 Å². The molecule has 0 unspecified atom stereocenters. The van der Waals surface area contributed by atoms with Gasteiger partial charge in [0.05, 0.1) is 6.20 Å². The van der Waals surface area contributed by atoms with Crippen molar-refractivity contribution in [3.8, 4) is 0 Å². The molecule has 0 spiro atoms. The molecule has 0 fully saturated rings. The molecule has 12 heavy (non-hydrogen) atoms. The van der Waals surface area contributed by atoms with E-state index in [4.69, 9.17) is 0 Å². The van der Waals surface area contributed by atoms with Crippen LogP contribution in [0.5, 0.6) is 0 Å². The number of anilines is 1. The van der Waals surface area contributed by atoms with Crippen LogP contribution in [-0.2, 0) is 10.0 Å². The topological polar surface area (TPSA) is 72.0 Å². The molecule has 0 bridgehead atoms. The first kappa shape index (κ1) is 9.40. The van der Waals surface area contributed by atoms with E-state index in [1.54, 1.807) is 0 Å². The summed E-state index contributed by atoms with van der Waals surface area (Å²) < 4.78 is 23.9. The van der Waals surface area contributed by atoms with Crippen LogP contribution < -0.4 is 4.72 Å². The molecule has 5 nitrogen and oxygen atoms in total. The fourth-order valence-corrected chi connectivity index (χ4v) is 1.36. The maximum atomic E-state index is 10.9. The third kappa shape index (κ3) is 2.74. The second-order valence-electron chi connectivity index (χ2n) is 1.92. The minimum atomic E-state index is -3.31. The fourth-order valence-electron chi connectivity index (χ4n) is 0.538. The number of hydrogen-bond acceptors (Lipinski definition) is 4. The Kier molecular flexibility index (Phi) is 2.99. The van der Waals surface area contributed by atoms with Gasteiger partial charge in [-0.1, -0.05) is 15.9 Å². The number of hydrogen-bond donors (Lipinski definition) is 1. The smallest absolute Gasteiger partial charge is 0.243 e. The van der Waals surface area contributed by atoms with Gasteiger partial charge in [0, 0.05) is 12.4 Å². The van der Waals surface area contributed by atoms with Gasteiger partial charge in [0.2, 0.25) is 10.0 Å². The zero-order valence-electron chi connectivity index (χ0n) is 5.94. The van der Waals surface area contributed by atoms with Gasteiger partial charge in [0.1, 0.15) is 4.66 Å². The van der Waals surface area contributed by atoms with E-state index in [9.17, 15) is 8.42 Å². The molecule has 0 saturated carbocycles. The Bertz CT molecular complexity index is 339. The number of aromatic nitrogens is 2. The van der Waals surface area contributed by atoms with Crippen molar-refractivity contribution in [1.82, 2.24) is 9.97 Å². The van der Waals surface area contributed by atoms with Crippen molar-refractivity contribution in [2.75, 3.05) is 9.38 Å². The molecular formula is C5H6BrN3O2S. The molecule has 1 aromatic rings. The summed E-state index contributed by atoms with van der Waals surface area (Å²) in [6, 6.07) is 0. The summed E-state index contributed by atoms with van der Waals surface area (Å²) in [4.78, 5) is 7.44. The van der Waals surface area contributed by atoms with E-state index in [1.165, 1.54) is 18.6 Å². The van der Waals surface area contributed by atoms with Crippen LogP contribution in [0, 0.1) is 0 Å². The molecule has 1 rings (SSSR count). The van der Waals surface area contributed by atoms with Gasteiger partial charge in [-0.2, -0.15) is 0 Å². The predicted molar refractivity (Wildman–Crippen MR) is 48.4 cm³/mol. The van der Waals surface area contributed by atoms with E-state index in [2.05, 4.69) is 30.6 Å². The number of alkyl halides is 1. The van der Waals surface area contributed by atoms with Crippen LogP contribution in [0.2, 0.25) is 0 Å². The quantitative estimate of drug-likeness (QED) is 0.798. The van der Waals surface area contributed by atoms with Gasteiger partial charge in [-0.25, -0.2) is 13.4 Å². The van der Waals surface area contributed by atoms with Gasteiger partial charge in [-0.15, -0.1) is 0 Å². The Balaban J connectivity index is 2.78. The maximum Gasteiger partial charge on any atom is 0.243 e. The van der Waals surface area contributed by atoms with Crippen LogP contribution in [-0.4, -0.2) is 23.0 Å². The van der Waals surface area contributed by atoms with Crippen molar-refractivity contribution in [3.05, 3.63) is 18.6 Å². The van der Waals surface area contributed by atoms with Gasteiger partial charge in [0.25, 0.3) is 0 Å². The third-order valence-electron chi connectivity index (χ3n) is 0.967. The zero-order valence-corrected chi connectivity index (χ0v) is 8.34. The molecule has 0 aliphatic rings. The van der Waals surface area contributed by atoms with Gasteiger partial charge < -0.3 is 0 Å². The van der Waals surface area contributed by atoms with Crippen LogP contribution in [0.1, 0.15) is 0 Å². The lowest BCUT2D eigenvalue weighted by Gasteiger charge is -2.01. The van der Waals surface area contributed by atoms with Crippen LogP contribution in [0.4, 0.5) is 5.82 Å². The summed E-state index contributed by atoms with van der Waals surface area (Å²) in [6.45, 7) is 0. The van der Waals surface area contributed by atoms with Crippen LogP contribution in [0.15, 0.2) is 18.6 Å². The Morgan fingerprint density at radius 1 is 1.50 bits per heavy atom. The number of sulfonamides is 1. The maximum absolute atomic E-state index is 10.9. The largest absolute Gasteiger partial charge is 0.265 e. The summed E-state index contributed by atoms with van der Waals surface area (Å²) in [5.41, 5.74) is 0. The van der Waals surface area contributed by atoms with Gasteiger partial charge in [0.15, 0.2) is 5.82 Å². The zero-order chi connectivity index (χ0) is 9.03. The van der Waals surface area contributed by atoms with Gasteiger partial charge in [-0.05, 0) is 0 Å². The number of nitrogens with one attached hydrogen (secondary N) is 1. The Hall–Kier alpha value is -0.690. The highest BCUT2D eigenvalue weighted by atomic mass is 79.9. The van der Waals surface area contributed by atoms with E-state index in [0.717, 1.165) is 0 Å². The van der Waals surface area contributed by atoms with Gasteiger partial charge in [-0.3, -0.25) is 9.71 Å². The van der Waals surface area contributed by atoms with Crippen molar-refractivity contribution in [2.45, 2.75) is 0 Å². The molecule has 0 atom stereocenters. The highest BCUT2D eigenvalue weighted by molar-refractivity contribution is 9.10. The SMILES string of the molecule is O=S(=O)(CBr)Nc1cnccn1. The van der Waals surface area contributed by atoms with Crippen molar-refractivity contribution in [3.63, 3.8) is 0 Å². The Labute approximate surface area is 78.4 Å². The highest BCUT2D eigenvalue weighted by Gasteiger charge is 2.07. The Morgan fingerprint density at radius 3 is 2.75 bits per heavy atom. The van der Waals surface area contributed by atoms with Crippen molar-refractivity contribution < 1.29 is 8.42 Å². The van der Waals surface area contributed by atoms with E-state index >= 15 is 0 Å². The molecule has 7 heteroatoms. The van der Waals surface area contributed by atoms with Crippen LogP contribution in [0.3, 0.4) is 0 Å². The first-order chi connectivity index (χ1) is 5.64. The Morgan fingerprint density at radius 2 is 2.25 bits per heavy atom. The lowest BCUT2D eigenvalue weighted by molar-refractivity contribution is 0.606. The van der Waals surface area contributed by atoms with E-state index < -0.39 is 10.0 Å². The summed E-state index contributed by atoms with van der Waals surface area (Å²) in [5.74, 6) is 0.219. The summed E-state index contributed by atoms with van der Waals surface area (Å²) >= 11 is 2.83. The lowest BCUT2D eigenvalue weighted by Crippen LogP contribution is -2.14. The predicted octanol–water partition coefficient (Wildman–Crippen LogP) is 0.571. The molecule has 0 aromatic carbocycles. The minimum absolute atomic E-state index is 0.156. The standard InChI is InChI=1S/C5H6BrN3O2S/c6-4-12(10,11)9-5-3-7-1-2-8-5/h1-3H,4H2,(H,8,9). The van der Waals surface area contributed by atoms with Crippen LogP contribution >= 0.6 is 15.9 Å². The van der Waals surface area contributed by atoms with Crippen molar-refractivity contribution in [2.24, 2.45) is 0 Å². The van der Waals surface area contributed by atoms with Crippen molar-refractivity contribution in [1.29, 1.82) is 0 Å². The third-order valence-corrected chi connectivity index (χ3v) is 3.58. The molecule has 1 heterocycles. The highest BCUT2D eigenvalue weighted by Crippen LogP contribution is 2.03. The molecule has 0 saturated heterocycles. The average molecular weight is 252 g/mol. The molecule has 0 radical (unpaired) electrons. The molecule has 0 aliphatic carbocycles. The average Bonchev–Trinajstić information content (AvgIpc) is 2.06.